The number of aryl methyl sites for hydroxylation is 1. The molecule has 1 aromatic carbocycles. The molecule has 3 rings (SSSR count). The second-order valence-electron chi connectivity index (χ2n) is 4.88. The predicted molar refractivity (Wildman–Crippen MR) is 86.2 cm³/mol. The van der Waals surface area contributed by atoms with Crippen molar-refractivity contribution in [1.82, 2.24) is 0 Å². The monoisotopic (exact) mass is 296 g/mol. The number of fused-ring (bicyclic) bond motifs is 1. The Balaban J connectivity index is 1.84. The average molecular weight is 296 g/mol. The Morgan fingerprint density at radius 3 is 2.90 bits per heavy atom. The fourth-order valence-electron chi connectivity index (χ4n) is 2.49. The number of carbonyl (C=O) groups is 1. The van der Waals surface area contributed by atoms with Crippen LogP contribution in [0.25, 0.3) is 0 Å². The predicted octanol–water partition coefficient (Wildman–Crippen LogP) is 2.54. The first-order valence-corrected chi connectivity index (χ1v) is 7.75. The third kappa shape index (κ3) is 2.99. The highest BCUT2D eigenvalue weighted by Gasteiger charge is 2.24. The van der Waals surface area contributed by atoms with E-state index in [1.54, 1.807) is 11.3 Å². The second kappa shape index (κ2) is 6.13. The van der Waals surface area contributed by atoms with Gasteiger partial charge < -0.3 is 10.6 Å². The van der Waals surface area contributed by atoms with Gasteiger partial charge in [0.05, 0.1) is 18.0 Å². The molecule has 2 aromatic rings. The molecule has 0 atom stereocenters. The summed E-state index contributed by atoms with van der Waals surface area (Å²) in [4.78, 5) is 16.2. The van der Waals surface area contributed by atoms with Gasteiger partial charge in [-0.05, 0) is 30.2 Å². The number of anilines is 1. The molecule has 1 aromatic heterocycles. The highest BCUT2D eigenvalue weighted by atomic mass is 32.1. The summed E-state index contributed by atoms with van der Waals surface area (Å²) < 4.78 is 0. The van der Waals surface area contributed by atoms with Crippen molar-refractivity contribution in [2.75, 3.05) is 11.4 Å². The number of para-hydroxylation sites is 1. The molecule has 0 aliphatic carbocycles. The molecule has 21 heavy (non-hydrogen) atoms. The van der Waals surface area contributed by atoms with Crippen LogP contribution in [0.2, 0.25) is 0 Å². The summed E-state index contributed by atoms with van der Waals surface area (Å²) in [7, 11) is 0. The normalized spacial score (nSPS) is 13.6. The zero-order valence-corrected chi connectivity index (χ0v) is 12.5. The van der Waals surface area contributed by atoms with Gasteiger partial charge in [0.1, 0.15) is 0 Å². The number of hydrogen-bond acceptors (Lipinski definition) is 3. The first-order chi connectivity index (χ1) is 10.3. The van der Waals surface area contributed by atoms with Crippen LogP contribution in [0.4, 0.5) is 5.69 Å². The molecule has 0 radical (unpaired) electrons. The van der Waals surface area contributed by atoms with Gasteiger partial charge in [-0.25, -0.2) is 0 Å². The van der Waals surface area contributed by atoms with E-state index in [0.29, 0.717) is 19.5 Å². The molecule has 0 saturated heterocycles. The standard InChI is InChI=1S/C17H16N2OS/c18-11-3-5-14-8-9-15(21-14)12-19-16-6-2-1-4-13(16)7-10-17(19)20/h1-2,4,6,8-9H,7,10-12,18H2. The molecule has 106 valence electrons. The maximum atomic E-state index is 12.2. The molecule has 3 nitrogen and oxygen atoms in total. The van der Waals surface area contributed by atoms with Crippen molar-refractivity contribution in [3.05, 3.63) is 51.7 Å². The Hall–Kier alpha value is -2.09. The number of nitrogens with zero attached hydrogens (tertiary/aromatic N) is 1. The largest absolute Gasteiger partial charge is 0.320 e. The molecule has 0 bridgehead atoms. The van der Waals surface area contributed by atoms with E-state index >= 15 is 0 Å². The molecule has 2 heterocycles. The zero-order valence-electron chi connectivity index (χ0n) is 11.6. The molecule has 0 unspecified atom stereocenters. The third-order valence-electron chi connectivity index (χ3n) is 3.48. The lowest BCUT2D eigenvalue weighted by Gasteiger charge is -2.29. The number of carbonyl (C=O) groups excluding carboxylic acids is 1. The van der Waals surface area contributed by atoms with Crippen molar-refractivity contribution in [3.63, 3.8) is 0 Å². The second-order valence-corrected chi connectivity index (χ2v) is 6.05. The van der Waals surface area contributed by atoms with Gasteiger partial charge in [-0.3, -0.25) is 4.79 Å². The first-order valence-electron chi connectivity index (χ1n) is 6.94. The Kier molecular flexibility index (Phi) is 4.05. The molecular weight excluding hydrogens is 280 g/mol. The van der Waals surface area contributed by atoms with Crippen molar-refractivity contribution >= 4 is 22.9 Å². The Labute approximate surface area is 128 Å². The molecule has 0 fully saturated rings. The summed E-state index contributed by atoms with van der Waals surface area (Å²) in [6.45, 7) is 0.982. The number of nitrogens with two attached hydrogens (primary N) is 1. The molecule has 1 amide bonds. The van der Waals surface area contributed by atoms with E-state index in [9.17, 15) is 4.79 Å². The van der Waals surface area contributed by atoms with Gasteiger partial charge in [-0.15, -0.1) is 11.3 Å². The van der Waals surface area contributed by atoms with E-state index in [2.05, 4.69) is 17.9 Å². The minimum absolute atomic E-state index is 0.191. The van der Waals surface area contributed by atoms with E-state index < -0.39 is 0 Å². The highest BCUT2D eigenvalue weighted by molar-refractivity contribution is 7.12. The van der Waals surface area contributed by atoms with Crippen LogP contribution in [0.3, 0.4) is 0 Å². The zero-order chi connectivity index (χ0) is 14.7. The molecule has 0 spiro atoms. The van der Waals surface area contributed by atoms with Gasteiger partial charge in [-0.1, -0.05) is 30.0 Å². The van der Waals surface area contributed by atoms with Gasteiger partial charge in [-0.2, -0.15) is 0 Å². The fourth-order valence-corrected chi connectivity index (χ4v) is 3.37. The van der Waals surface area contributed by atoms with E-state index in [4.69, 9.17) is 5.73 Å². The number of hydrogen-bond donors (Lipinski definition) is 1. The maximum Gasteiger partial charge on any atom is 0.227 e. The number of rotatable bonds is 2. The SMILES string of the molecule is NCC#Cc1ccc(CN2C(=O)CCc3ccccc32)s1. The van der Waals surface area contributed by atoms with E-state index in [0.717, 1.165) is 21.9 Å². The molecule has 0 saturated carbocycles. The van der Waals surface area contributed by atoms with Gasteiger partial charge >= 0.3 is 0 Å². The van der Waals surface area contributed by atoms with Crippen LogP contribution in [-0.4, -0.2) is 12.5 Å². The molecule has 1 aliphatic heterocycles. The lowest BCUT2D eigenvalue weighted by molar-refractivity contribution is -0.119. The van der Waals surface area contributed by atoms with Crippen LogP contribution >= 0.6 is 11.3 Å². The Bertz CT molecular complexity index is 724. The van der Waals surface area contributed by atoms with Crippen LogP contribution in [-0.2, 0) is 17.8 Å². The van der Waals surface area contributed by atoms with Gasteiger partial charge in [0, 0.05) is 17.0 Å². The van der Waals surface area contributed by atoms with Crippen LogP contribution in [0.1, 0.15) is 21.7 Å². The average Bonchev–Trinajstić information content (AvgIpc) is 2.96. The van der Waals surface area contributed by atoms with E-state index in [1.807, 2.05) is 35.2 Å². The van der Waals surface area contributed by atoms with Crippen molar-refractivity contribution in [2.45, 2.75) is 19.4 Å². The summed E-state index contributed by atoms with van der Waals surface area (Å²) >= 11 is 1.62. The van der Waals surface area contributed by atoms with Gasteiger partial charge in [0.15, 0.2) is 0 Å². The number of thiophene rings is 1. The summed E-state index contributed by atoms with van der Waals surface area (Å²) in [6.07, 6.45) is 1.42. The topological polar surface area (TPSA) is 46.3 Å². The number of benzene rings is 1. The summed E-state index contributed by atoms with van der Waals surface area (Å²) in [6, 6.07) is 12.2. The molecule has 2 N–H and O–H groups in total. The maximum absolute atomic E-state index is 12.2. The third-order valence-corrected chi connectivity index (χ3v) is 4.47. The summed E-state index contributed by atoms with van der Waals surface area (Å²) in [5, 5.41) is 0. The minimum atomic E-state index is 0.191. The molecule has 4 heteroatoms. The summed E-state index contributed by atoms with van der Waals surface area (Å²) in [5.41, 5.74) is 7.67. The van der Waals surface area contributed by atoms with Crippen LogP contribution in [0, 0.1) is 11.8 Å². The van der Waals surface area contributed by atoms with Gasteiger partial charge in [0.2, 0.25) is 5.91 Å². The van der Waals surface area contributed by atoms with Crippen molar-refractivity contribution < 1.29 is 4.79 Å². The first kappa shape index (κ1) is 13.9. The fraction of sp³-hybridized carbons (Fsp3) is 0.235. The van der Waals surface area contributed by atoms with Crippen LogP contribution in [0.5, 0.6) is 0 Å². The Morgan fingerprint density at radius 2 is 2.05 bits per heavy atom. The van der Waals surface area contributed by atoms with E-state index in [-0.39, 0.29) is 5.91 Å². The summed E-state index contributed by atoms with van der Waals surface area (Å²) in [5.74, 6) is 6.08. The smallest absolute Gasteiger partial charge is 0.227 e. The highest BCUT2D eigenvalue weighted by Crippen LogP contribution is 2.30. The minimum Gasteiger partial charge on any atom is -0.320 e. The van der Waals surface area contributed by atoms with E-state index in [1.165, 1.54) is 5.56 Å². The molecule has 1 aliphatic rings. The van der Waals surface area contributed by atoms with Crippen molar-refractivity contribution in [1.29, 1.82) is 0 Å². The Morgan fingerprint density at radius 1 is 1.19 bits per heavy atom. The van der Waals surface area contributed by atoms with Crippen LogP contribution < -0.4 is 10.6 Å². The van der Waals surface area contributed by atoms with Crippen molar-refractivity contribution in [2.24, 2.45) is 5.73 Å². The quantitative estimate of drug-likeness (QED) is 0.866. The lowest BCUT2D eigenvalue weighted by atomic mass is 10.0. The van der Waals surface area contributed by atoms with Gasteiger partial charge in [0.25, 0.3) is 0 Å². The van der Waals surface area contributed by atoms with Crippen LogP contribution in [0.15, 0.2) is 36.4 Å². The lowest BCUT2D eigenvalue weighted by Crippen LogP contribution is -2.34. The molecular formula is C17H16N2OS. The number of amides is 1. The van der Waals surface area contributed by atoms with Crippen molar-refractivity contribution in [3.8, 4) is 11.8 Å².